The number of carbonyl (C=O) groups excluding carboxylic acids is 1. The predicted molar refractivity (Wildman–Crippen MR) is 104 cm³/mol. The Morgan fingerprint density at radius 1 is 1.14 bits per heavy atom. The highest BCUT2D eigenvalue weighted by molar-refractivity contribution is 5.93. The third kappa shape index (κ3) is 7.36. The number of ether oxygens (including phenoxy) is 2. The van der Waals surface area contributed by atoms with Gasteiger partial charge in [0.1, 0.15) is 12.4 Å². The van der Waals surface area contributed by atoms with Crippen molar-refractivity contribution in [2.45, 2.75) is 70.5 Å². The van der Waals surface area contributed by atoms with Crippen molar-refractivity contribution in [2.75, 3.05) is 24.7 Å². The highest BCUT2D eigenvalue weighted by Gasteiger charge is 2.29. The van der Waals surface area contributed by atoms with Gasteiger partial charge in [-0.3, -0.25) is 4.79 Å². The van der Waals surface area contributed by atoms with Crippen LogP contribution in [0.4, 0.5) is 14.5 Å². The molecule has 1 saturated heterocycles. The molecule has 1 heterocycles. The third-order valence-corrected chi connectivity index (χ3v) is 4.74. The second-order valence-corrected chi connectivity index (χ2v) is 7.65. The van der Waals surface area contributed by atoms with Crippen LogP contribution in [0.2, 0.25) is 0 Å². The van der Waals surface area contributed by atoms with Crippen LogP contribution in [0.25, 0.3) is 0 Å². The minimum Gasteiger partial charge on any atom is -0.491 e. The molecule has 7 heteroatoms. The summed E-state index contributed by atoms with van der Waals surface area (Å²) in [6, 6.07) is 7.49. The molecule has 5 nitrogen and oxygen atoms in total. The zero-order chi connectivity index (χ0) is 20.6. The molecule has 0 bridgehead atoms. The van der Waals surface area contributed by atoms with Crippen molar-refractivity contribution >= 4 is 11.6 Å². The van der Waals surface area contributed by atoms with Crippen LogP contribution >= 0.6 is 0 Å². The van der Waals surface area contributed by atoms with Gasteiger partial charge in [-0.25, -0.2) is 8.78 Å². The van der Waals surface area contributed by atoms with Crippen LogP contribution < -0.4 is 9.64 Å². The first-order chi connectivity index (χ1) is 13.3. The van der Waals surface area contributed by atoms with E-state index in [1.165, 1.54) is 0 Å². The van der Waals surface area contributed by atoms with E-state index in [1.807, 2.05) is 38.1 Å². The Morgan fingerprint density at radius 3 is 2.46 bits per heavy atom. The fourth-order valence-corrected chi connectivity index (χ4v) is 3.41. The Hall–Kier alpha value is -1.73. The van der Waals surface area contributed by atoms with Crippen LogP contribution in [0.5, 0.6) is 5.75 Å². The first kappa shape index (κ1) is 22.6. The molecule has 1 amide bonds. The molecule has 1 aromatic carbocycles. The van der Waals surface area contributed by atoms with Crippen LogP contribution in [0, 0.1) is 0 Å². The predicted octanol–water partition coefficient (Wildman–Crippen LogP) is 4.17. The van der Waals surface area contributed by atoms with Gasteiger partial charge in [0.05, 0.1) is 18.3 Å². The molecule has 1 fully saturated rings. The number of amides is 1. The van der Waals surface area contributed by atoms with Gasteiger partial charge >= 0.3 is 0 Å². The Labute approximate surface area is 165 Å². The van der Waals surface area contributed by atoms with Gasteiger partial charge in [-0.05, 0) is 70.2 Å². The van der Waals surface area contributed by atoms with Gasteiger partial charge in [0.2, 0.25) is 5.91 Å². The van der Waals surface area contributed by atoms with E-state index >= 15 is 0 Å². The molecule has 2 rings (SSSR count). The van der Waals surface area contributed by atoms with Crippen LogP contribution in [0.3, 0.4) is 0 Å². The second kappa shape index (κ2) is 10.7. The monoisotopic (exact) mass is 399 g/mol. The average Bonchev–Trinajstić information content (AvgIpc) is 2.61. The van der Waals surface area contributed by atoms with E-state index in [0.717, 1.165) is 11.4 Å². The fraction of sp³-hybridized carbons (Fsp3) is 0.667. The number of nitrogens with zero attached hydrogens (tertiary/aromatic N) is 1. The van der Waals surface area contributed by atoms with Crippen molar-refractivity contribution in [1.82, 2.24) is 0 Å². The van der Waals surface area contributed by atoms with Crippen molar-refractivity contribution < 1.29 is 28.2 Å². The van der Waals surface area contributed by atoms with Crippen molar-refractivity contribution in [3.63, 3.8) is 0 Å². The summed E-state index contributed by atoms with van der Waals surface area (Å²) in [4.78, 5) is 14.5. The summed E-state index contributed by atoms with van der Waals surface area (Å²) in [5, 5.41) is 10.7. The number of rotatable bonds is 7. The minimum absolute atomic E-state index is 0.00437. The highest BCUT2D eigenvalue weighted by atomic mass is 19.3. The summed E-state index contributed by atoms with van der Waals surface area (Å²) in [7, 11) is 0. The average molecular weight is 399 g/mol. The lowest BCUT2D eigenvalue weighted by molar-refractivity contribution is -0.119. The zero-order valence-electron chi connectivity index (χ0n) is 16.7. The Balaban J connectivity index is 1.95. The zero-order valence-corrected chi connectivity index (χ0v) is 16.7. The Morgan fingerprint density at radius 2 is 1.82 bits per heavy atom. The summed E-state index contributed by atoms with van der Waals surface area (Å²) >= 11 is 0. The maximum absolute atomic E-state index is 12.7. The van der Waals surface area contributed by atoms with E-state index in [1.54, 1.807) is 4.90 Å². The van der Waals surface area contributed by atoms with Crippen molar-refractivity contribution in [3.05, 3.63) is 24.3 Å². The van der Waals surface area contributed by atoms with Gasteiger partial charge < -0.3 is 19.5 Å². The number of hydrogen-bond acceptors (Lipinski definition) is 4. The number of aliphatic hydroxyl groups is 1. The van der Waals surface area contributed by atoms with Gasteiger partial charge in [-0.15, -0.1) is 0 Å². The van der Waals surface area contributed by atoms with Gasteiger partial charge in [-0.2, -0.15) is 0 Å². The van der Waals surface area contributed by atoms with Gasteiger partial charge in [0.15, 0.2) is 0 Å². The lowest BCUT2D eigenvalue weighted by Gasteiger charge is -2.31. The van der Waals surface area contributed by atoms with E-state index in [0.29, 0.717) is 45.1 Å². The fourth-order valence-electron chi connectivity index (χ4n) is 3.41. The molecule has 0 saturated carbocycles. The highest BCUT2D eigenvalue weighted by Crippen LogP contribution is 2.27. The maximum atomic E-state index is 12.7. The normalized spacial score (nSPS) is 22.0. The number of alkyl halides is 2. The summed E-state index contributed by atoms with van der Waals surface area (Å²) in [6.07, 6.45) is 0.552. The topological polar surface area (TPSA) is 59.0 Å². The smallest absolute Gasteiger partial charge is 0.261 e. The molecule has 0 radical (unpaired) electrons. The first-order valence-corrected chi connectivity index (χ1v) is 9.94. The Bertz CT molecular complexity index is 609. The van der Waals surface area contributed by atoms with Crippen LogP contribution in [0.1, 0.15) is 52.4 Å². The van der Waals surface area contributed by atoms with E-state index in [9.17, 15) is 18.7 Å². The lowest BCUT2D eigenvalue weighted by Crippen LogP contribution is -2.38. The standard InChI is InChI=1S/C21H31F2NO4/c1-16(2)28-18-9-7-17(8-10-18)24-13-4-3-11-21(26,12-5-6-20(24)25)15-27-14-19(22)23/h7-10,16,19,26H,3-6,11-15H2,1-2H3/t21-/m0/s1. The molecule has 1 aliphatic heterocycles. The molecular weight excluding hydrogens is 368 g/mol. The molecule has 1 N–H and O–H groups in total. The van der Waals surface area contributed by atoms with Crippen LogP contribution in [-0.2, 0) is 9.53 Å². The van der Waals surface area contributed by atoms with Crippen molar-refractivity contribution in [1.29, 1.82) is 0 Å². The molecule has 1 aromatic rings. The van der Waals surface area contributed by atoms with E-state index in [4.69, 9.17) is 9.47 Å². The minimum atomic E-state index is -2.55. The number of carbonyl (C=O) groups is 1. The molecule has 0 spiro atoms. The molecular formula is C21H31F2NO4. The summed E-state index contributed by atoms with van der Waals surface area (Å²) in [5.74, 6) is 0.761. The number of hydrogen-bond donors (Lipinski definition) is 1. The summed E-state index contributed by atoms with van der Waals surface area (Å²) in [6.45, 7) is 3.68. The lowest BCUT2D eigenvalue weighted by atomic mass is 9.90. The molecule has 28 heavy (non-hydrogen) atoms. The SMILES string of the molecule is CC(C)Oc1ccc(N2CCCC[C@@](O)(COCC(F)F)CCCC2=O)cc1. The maximum Gasteiger partial charge on any atom is 0.261 e. The van der Waals surface area contributed by atoms with Gasteiger partial charge in [0.25, 0.3) is 6.43 Å². The van der Waals surface area contributed by atoms with Crippen LogP contribution in [-0.4, -0.2) is 48.9 Å². The van der Waals surface area contributed by atoms with E-state index < -0.39 is 18.6 Å². The molecule has 158 valence electrons. The van der Waals surface area contributed by atoms with E-state index in [-0.39, 0.29) is 18.6 Å². The molecule has 1 aliphatic rings. The summed E-state index contributed by atoms with van der Waals surface area (Å²) in [5.41, 5.74) is -0.315. The number of halogens is 2. The quantitative estimate of drug-likeness (QED) is 0.748. The van der Waals surface area contributed by atoms with E-state index in [2.05, 4.69) is 0 Å². The van der Waals surface area contributed by atoms with Gasteiger partial charge in [0, 0.05) is 18.7 Å². The summed E-state index contributed by atoms with van der Waals surface area (Å²) < 4.78 is 35.1. The molecule has 0 aromatic heterocycles. The largest absolute Gasteiger partial charge is 0.491 e. The number of anilines is 1. The molecule has 0 aliphatic carbocycles. The number of benzene rings is 1. The first-order valence-electron chi connectivity index (χ1n) is 9.94. The molecule has 0 unspecified atom stereocenters. The van der Waals surface area contributed by atoms with Crippen molar-refractivity contribution in [2.24, 2.45) is 0 Å². The third-order valence-electron chi connectivity index (χ3n) is 4.74. The molecule has 1 atom stereocenters. The second-order valence-electron chi connectivity index (χ2n) is 7.65. The Kier molecular flexibility index (Phi) is 8.63. The van der Waals surface area contributed by atoms with Crippen LogP contribution in [0.15, 0.2) is 24.3 Å². The van der Waals surface area contributed by atoms with Gasteiger partial charge in [-0.1, -0.05) is 0 Å². The van der Waals surface area contributed by atoms with Crippen molar-refractivity contribution in [3.8, 4) is 5.75 Å².